The molecule has 0 aromatic carbocycles. The molecule has 64 valence electrons. The molecule has 11 heavy (non-hydrogen) atoms. The fourth-order valence-electron chi connectivity index (χ4n) is 2.88. The summed E-state index contributed by atoms with van der Waals surface area (Å²) in [5.74, 6) is 0.929. The maximum absolute atomic E-state index is 3.72. The van der Waals surface area contributed by atoms with Crippen molar-refractivity contribution in [1.82, 2.24) is 5.32 Å². The quantitative estimate of drug-likeness (QED) is 0.563. The standard InChI is InChI=1S/C10H19N/c1-9-5-2-3-6-10(9)7-4-8-11-10/h9,11H,2-8H2,1H3/t9-,10-/m0/s1. The van der Waals surface area contributed by atoms with E-state index < -0.39 is 0 Å². The van der Waals surface area contributed by atoms with Crippen molar-refractivity contribution in [2.24, 2.45) is 5.92 Å². The largest absolute Gasteiger partial charge is 0.311 e. The van der Waals surface area contributed by atoms with Crippen LogP contribution in [0.5, 0.6) is 0 Å². The van der Waals surface area contributed by atoms with Gasteiger partial charge in [0.25, 0.3) is 0 Å². The summed E-state index contributed by atoms with van der Waals surface area (Å²) >= 11 is 0. The molecule has 2 aliphatic rings. The Morgan fingerprint density at radius 3 is 2.64 bits per heavy atom. The molecule has 1 saturated heterocycles. The zero-order valence-corrected chi connectivity index (χ0v) is 7.53. The van der Waals surface area contributed by atoms with Crippen molar-refractivity contribution in [3.8, 4) is 0 Å². The van der Waals surface area contributed by atoms with E-state index in [1.165, 1.54) is 45.1 Å². The highest BCUT2D eigenvalue weighted by atomic mass is 15.0. The Morgan fingerprint density at radius 2 is 2.00 bits per heavy atom. The summed E-state index contributed by atoms with van der Waals surface area (Å²) in [7, 11) is 0. The Bertz CT molecular complexity index is 136. The second kappa shape index (κ2) is 2.78. The minimum absolute atomic E-state index is 0.582. The summed E-state index contributed by atoms with van der Waals surface area (Å²) < 4.78 is 0. The van der Waals surface area contributed by atoms with Crippen LogP contribution in [0.25, 0.3) is 0 Å². The normalized spacial score (nSPS) is 45.0. The molecule has 2 rings (SSSR count). The Hall–Kier alpha value is -0.0400. The molecule has 0 aromatic rings. The van der Waals surface area contributed by atoms with Gasteiger partial charge in [-0.05, 0) is 38.1 Å². The number of nitrogens with one attached hydrogen (secondary N) is 1. The van der Waals surface area contributed by atoms with Crippen LogP contribution in [0, 0.1) is 5.92 Å². The average Bonchev–Trinajstić information content (AvgIpc) is 2.46. The van der Waals surface area contributed by atoms with Gasteiger partial charge in [-0.15, -0.1) is 0 Å². The van der Waals surface area contributed by atoms with Gasteiger partial charge in [-0.2, -0.15) is 0 Å². The minimum atomic E-state index is 0.582. The van der Waals surface area contributed by atoms with Crippen molar-refractivity contribution in [3.05, 3.63) is 0 Å². The van der Waals surface area contributed by atoms with Crippen LogP contribution >= 0.6 is 0 Å². The zero-order valence-electron chi connectivity index (χ0n) is 7.53. The molecule has 2 atom stereocenters. The summed E-state index contributed by atoms with van der Waals surface area (Å²) in [6, 6.07) is 0. The highest BCUT2D eigenvalue weighted by Gasteiger charge is 2.39. The Kier molecular flexibility index (Phi) is 1.92. The molecule has 0 radical (unpaired) electrons. The first-order valence-corrected chi connectivity index (χ1v) is 5.08. The predicted octanol–water partition coefficient (Wildman–Crippen LogP) is 2.32. The lowest BCUT2D eigenvalue weighted by Crippen LogP contribution is -2.47. The van der Waals surface area contributed by atoms with Crippen LogP contribution in [0.15, 0.2) is 0 Å². The van der Waals surface area contributed by atoms with Gasteiger partial charge in [0.1, 0.15) is 0 Å². The van der Waals surface area contributed by atoms with E-state index in [-0.39, 0.29) is 0 Å². The lowest BCUT2D eigenvalue weighted by atomic mass is 9.73. The molecule has 0 aromatic heterocycles. The molecule has 1 aliphatic heterocycles. The van der Waals surface area contributed by atoms with Gasteiger partial charge in [0, 0.05) is 5.54 Å². The molecule has 1 saturated carbocycles. The predicted molar refractivity (Wildman–Crippen MR) is 47.6 cm³/mol. The van der Waals surface area contributed by atoms with Crippen LogP contribution in [0.4, 0.5) is 0 Å². The highest BCUT2D eigenvalue weighted by Crippen LogP contribution is 2.39. The van der Waals surface area contributed by atoms with E-state index in [4.69, 9.17) is 0 Å². The average molecular weight is 153 g/mol. The molecule has 2 fully saturated rings. The third-order valence-corrected chi connectivity index (χ3v) is 3.73. The van der Waals surface area contributed by atoms with Crippen molar-refractivity contribution >= 4 is 0 Å². The van der Waals surface area contributed by atoms with Crippen molar-refractivity contribution in [3.63, 3.8) is 0 Å². The van der Waals surface area contributed by atoms with Gasteiger partial charge in [0.05, 0.1) is 0 Å². The van der Waals surface area contributed by atoms with E-state index >= 15 is 0 Å². The Balaban J connectivity index is 2.07. The van der Waals surface area contributed by atoms with Gasteiger partial charge in [0.15, 0.2) is 0 Å². The topological polar surface area (TPSA) is 12.0 Å². The Morgan fingerprint density at radius 1 is 1.18 bits per heavy atom. The van der Waals surface area contributed by atoms with E-state index in [0.717, 1.165) is 5.92 Å². The lowest BCUT2D eigenvalue weighted by Gasteiger charge is -2.39. The van der Waals surface area contributed by atoms with E-state index in [9.17, 15) is 0 Å². The fourth-order valence-corrected chi connectivity index (χ4v) is 2.88. The summed E-state index contributed by atoms with van der Waals surface area (Å²) in [4.78, 5) is 0. The van der Waals surface area contributed by atoms with Crippen LogP contribution in [0.3, 0.4) is 0 Å². The molecule has 1 heteroatoms. The SMILES string of the molecule is C[C@H]1CCCC[C@]12CCCN2. The summed E-state index contributed by atoms with van der Waals surface area (Å²) in [6.07, 6.45) is 8.65. The van der Waals surface area contributed by atoms with Crippen molar-refractivity contribution in [1.29, 1.82) is 0 Å². The molecule has 1 heterocycles. The molecule has 1 spiro atoms. The van der Waals surface area contributed by atoms with Crippen molar-refractivity contribution < 1.29 is 0 Å². The second-order valence-electron chi connectivity index (χ2n) is 4.33. The molecule has 1 aliphatic carbocycles. The van der Waals surface area contributed by atoms with E-state index in [1.54, 1.807) is 0 Å². The zero-order chi connectivity index (χ0) is 7.73. The third kappa shape index (κ3) is 1.20. The van der Waals surface area contributed by atoms with Crippen LogP contribution in [0.2, 0.25) is 0 Å². The molecule has 0 amide bonds. The van der Waals surface area contributed by atoms with Crippen LogP contribution in [0.1, 0.15) is 45.4 Å². The number of hydrogen-bond donors (Lipinski definition) is 1. The summed E-state index contributed by atoms with van der Waals surface area (Å²) in [5.41, 5.74) is 0.582. The van der Waals surface area contributed by atoms with Crippen LogP contribution < -0.4 is 5.32 Å². The van der Waals surface area contributed by atoms with Crippen LogP contribution in [-0.4, -0.2) is 12.1 Å². The van der Waals surface area contributed by atoms with Gasteiger partial charge in [-0.25, -0.2) is 0 Å². The Labute approximate surface area is 69.6 Å². The van der Waals surface area contributed by atoms with Gasteiger partial charge in [-0.1, -0.05) is 19.8 Å². The summed E-state index contributed by atoms with van der Waals surface area (Å²) in [6.45, 7) is 3.70. The maximum atomic E-state index is 3.72. The minimum Gasteiger partial charge on any atom is -0.311 e. The monoisotopic (exact) mass is 153 g/mol. The third-order valence-electron chi connectivity index (χ3n) is 3.73. The lowest BCUT2D eigenvalue weighted by molar-refractivity contribution is 0.179. The smallest absolute Gasteiger partial charge is 0.0207 e. The van der Waals surface area contributed by atoms with E-state index in [0.29, 0.717) is 5.54 Å². The maximum Gasteiger partial charge on any atom is 0.0207 e. The molecular weight excluding hydrogens is 134 g/mol. The second-order valence-corrected chi connectivity index (χ2v) is 4.33. The van der Waals surface area contributed by atoms with Crippen LogP contribution in [-0.2, 0) is 0 Å². The van der Waals surface area contributed by atoms with Gasteiger partial charge in [-0.3, -0.25) is 0 Å². The van der Waals surface area contributed by atoms with Gasteiger partial charge >= 0.3 is 0 Å². The van der Waals surface area contributed by atoms with E-state index in [2.05, 4.69) is 12.2 Å². The number of hydrogen-bond acceptors (Lipinski definition) is 1. The molecule has 0 unspecified atom stereocenters. The first-order valence-electron chi connectivity index (χ1n) is 5.08. The fraction of sp³-hybridized carbons (Fsp3) is 1.00. The first kappa shape index (κ1) is 7.60. The van der Waals surface area contributed by atoms with Crippen molar-refractivity contribution in [2.45, 2.75) is 51.0 Å². The summed E-state index contributed by atoms with van der Waals surface area (Å²) in [5, 5.41) is 3.72. The number of rotatable bonds is 0. The highest BCUT2D eigenvalue weighted by molar-refractivity contribution is 4.98. The first-order chi connectivity index (χ1) is 5.33. The molecular formula is C10H19N. The van der Waals surface area contributed by atoms with Gasteiger partial charge in [0.2, 0.25) is 0 Å². The molecule has 1 nitrogen and oxygen atoms in total. The van der Waals surface area contributed by atoms with E-state index in [1.807, 2.05) is 0 Å². The molecule has 0 bridgehead atoms. The van der Waals surface area contributed by atoms with Crippen molar-refractivity contribution in [2.75, 3.05) is 6.54 Å². The van der Waals surface area contributed by atoms with Gasteiger partial charge < -0.3 is 5.32 Å². The molecule has 1 N–H and O–H groups in total.